The van der Waals surface area contributed by atoms with E-state index in [-0.39, 0.29) is 32.7 Å². The summed E-state index contributed by atoms with van der Waals surface area (Å²) in [6.45, 7) is -0.486. The minimum atomic E-state index is -0.661. The fourth-order valence-electron chi connectivity index (χ4n) is 3.29. The number of benzene rings is 2. The number of ether oxygens (including phenoxy) is 1. The van der Waals surface area contributed by atoms with Crippen molar-refractivity contribution in [3.8, 4) is 17.1 Å². The first-order valence-electron chi connectivity index (χ1n) is 9.99. The maximum atomic E-state index is 12.8. The van der Waals surface area contributed by atoms with Crippen molar-refractivity contribution in [2.45, 2.75) is 0 Å². The van der Waals surface area contributed by atoms with E-state index in [1.54, 1.807) is 24.3 Å². The third-order valence-electron chi connectivity index (χ3n) is 4.88. The lowest BCUT2D eigenvalue weighted by atomic mass is 10.1. The van der Waals surface area contributed by atoms with Gasteiger partial charge in [-0.1, -0.05) is 23.7 Å². The van der Waals surface area contributed by atoms with Gasteiger partial charge in [0.2, 0.25) is 5.91 Å². The number of rotatable bonds is 7. The van der Waals surface area contributed by atoms with Crippen LogP contribution in [0.2, 0.25) is 5.02 Å². The summed E-state index contributed by atoms with van der Waals surface area (Å²) in [5.74, 6) is -0.410. The zero-order chi connectivity index (χ0) is 25.1. The predicted octanol–water partition coefficient (Wildman–Crippen LogP) is 5.19. The molecule has 35 heavy (non-hydrogen) atoms. The van der Waals surface area contributed by atoms with Crippen molar-refractivity contribution < 1.29 is 28.5 Å². The molecule has 1 saturated heterocycles. The molecule has 4 rings (SSSR count). The van der Waals surface area contributed by atoms with Gasteiger partial charge >= 0.3 is 0 Å². The van der Waals surface area contributed by atoms with Gasteiger partial charge in [-0.05, 0) is 48.2 Å². The highest BCUT2D eigenvalue weighted by Crippen LogP contribution is 2.36. The molecule has 12 heteroatoms. The lowest BCUT2D eigenvalue weighted by Crippen LogP contribution is -2.36. The summed E-state index contributed by atoms with van der Waals surface area (Å²) in [5, 5.41) is 13.6. The summed E-state index contributed by atoms with van der Waals surface area (Å²) in [4.78, 5) is 49.2. The second-order valence-electron chi connectivity index (χ2n) is 7.14. The molecule has 0 radical (unpaired) electrons. The molecule has 0 bridgehead atoms. The largest absolute Gasteiger partial charge is 0.495 e. The number of nitro groups is 1. The van der Waals surface area contributed by atoms with Crippen molar-refractivity contribution in [1.82, 2.24) is 4.90 Å². The molecular weight excluding hydrogens is 498 g/mol. The van der Waals surface area contributed by atoms with E-state index in [4.69, 9.17) is 20.8 Å². The van der Waals surface area contributed by atoms with Crippen LogP contribution in [-0.2, 0) is 9.59 Å². The highest BCUT2D eigenvalue weighted by atomic mass is 35.5. The topological polar surface area (TPSA) is 132 Å². The van der Waals surface area contributed by atoms with Crippen LogP contribution >= 0.6 is 23.4 Å². The van der Waals surface area contributed by atoms with Crippen molar-refractivity contribution >= 4 is 57.9 Å². The van der Waals surface area contributed by atoms with Gasteiger partial charge in [0.1, 0.15) is 23.8 Å². The zero-order valence-corrected chi connectivity index (χ0v) is 19.6. The van der Waals surface area contributed by atoms with Crippen molar-refractivity contribution in [3.63, 3.8) is 0 Å². The number of halogens is 1. The number of furan rings is 1. The minimum Gasteiger partial charge on any atom is -0.495 e. The molecule has 0 saturated carbocycles. The summed E-state index contributed by atoms with van der Waals surface area (Å²) >= 11 is 6.51. The molecule has 1 aromatic heterocycles. The number of imide groups is 1. The lowest BCUT2D eigenvalue weighted by molar-refractivity contribution is -0.384. The molecule has 3 aromatic rings. The number of para-hydroxylation sites is 2. The van der Waals surface area contributed by atoms with Crippen LogP contribution < -0.4 is 10.1 Å². The van der Waals surface area contributed by atoms with Crippen molar-refractivity contribution in [3.05, 3.63) is 80.4 Å². The van der Waals surface area contributed by atoms with Crippen LogP contribution in [-0.4, -0.2) is 40.5 Å². The second kappa shape index (κ2) is 10.0. The summed E-state index contributed by atoms with van der Waals surface area (Å²) in [6, 6.07) is 13.9. The van der Waals surface area contributed by atoms with Crippen molar-refractivity contribution in [2.24, 2.45) is 0 Å². The minimum absolute atomic E-state index is 0.0478. The average Bonchev–Trinajstić information content (AvgIpc) is 3.39. The molecule has 1 N–H and O–H groups in total. The molecule has 0 atom stereocenters. The first-order chi connectivity index (χ1) is 16.8. The van der Waals surface area contributed by atoms with E-state index in [0.717, 1.165) is 4.90 Å². The fraction of sp³-hybridized carbons (Fsp3) is 0.0870. The monoisotopic (exact) mass is 513 g/mol. The summed E-state index contributed by atoms with van der Waals surface area (Å²) in [5.41, 5.74) is 0.377. The van der Waals surface area contributed by atoms with Gasteiger partial charge in [-0.3, -0.25) is 29.4 Å². The number of nitrogens with one attached hydrogen (secondary N) is 1. The van der Waals surface area contributed by atoms with Gasteiger partial charge in [-0.2, -0.15) is 0 Å². The van der Waals surface area contributed by atoms with E-state index in [0.29, 0.717) is 23.2 Å². The number of thioether (sulfide) groups is 1. The molecule has 2 aromatic carbocycles. The smallest absolute Gasteiger partial charge is 0.294 e. The number of nitro benzene ring substituents is 1. The van der Waals surface area contributed by atoms with Crippen molar-refractivity contribution in [1.29, 1.82) is 0 Å². The van der Waals surface area contributed by atoms with Crippen molar-refractivity contribution in [2.75, 3.05) is 19.0 Å². The summed E-state index contributed by atoms with van der Waals surface area (Å²) < 4.78 is 10.8. The van der Waals surface area contributed by atoms with E-state index in [9.17, 15) is 24.5 Å². The quantitative estimate of drug-likeness (QED) is 0.259. The normalized spacial score (nSPS) is 14.5. The Morgan fingerprint density at radius 1 is 1.23 bits per heavy atom. The molecule has 0 spiro atoms. The van der Waals surface area contributed by atoms with E-state index in [1.165, 1.54) is 43.5 Å². The third kappa shape index (κ3) is 5.20. The molecular formula is C23H16ClN3O7S. The Labute approximate surface area is 207 Å². The average molecular weight is 514 g/mol. The highest BCUT2D eigenvalue weighted by Gasteiger charge is 2.36. The maximum Gasteiger partial charge on any atom is 0.294 e. The molecule has 3 amide bonds. The first-order valence-corrected chi connectivity index (χ1v) is 11.2. The van der Waals surface area contributed by atoms with Crippen LogP contribution in [0.25, 0.3) is 17.4 Å². The Kier molecular flexibility index (Phi) is 6.90. The Hall–Kier alpha value is -4.09. The Balaban J connectivity index is 1.49. The van der Waals surface area contributed by atoms with Crippen LogP contribution in [0.15, 0.2) is 63.9 Å². The van der Waals surface area contributed by atoms with Gasteiger partial charge in [-0.25, -0.2) is 0 Å². The first kappa shape index (κ1) is 24.0. The molecule has 2 heterocycles. The Morgan fingerprint density at radius 2 is 2.00 bits per heavy atom. The van der Waals surface area contributed by atoms with Gasteiger partial charge in [0.05, 0.1) is 28.2 Å². The summed E-state index contributed by atoms with van der Waals surface area (Å²) in [6.07, 6.45) is 1.34. The van der Waals surface area contributed by atoms with Crippen LogP contribution in [0.5, 0.6) is 5.75 Å². The van der Waals surface area contributed by atoms with Gasteiger partial charge < -0.3 is 14.5 Å². The number of hydrogen-bond donors (Lipinski definition) is 1. The fourth-order valence-corrected chi connectivity index (χ4v) is 4.27. The Bertz CT molecular complexity index is 1380. The highest BCUT2D eigenvalue weighted by molar-refractivity contribution is 8.18. The molecule has 0 unspecified atom stereocenters. The number of hydrogen-bond acceptors (Lipinski definition) is 8. The van der Waals surface area contributed by atoms with Gasteiger partial charge in [-0.15, -0.1) is 0 Å². The standard InChI is InChI=1S/C23H16ClN3O7S/c1-33-19-5-3-2-4-16(19)25-21(28)12-26-22(29)20(35-23(26)30)11-14-7-9-18(34-14)15-8-6-13(24)10-17(15)27(31)32/h2-11H,12H2,1H3,(H,25,28)/b20-11+. The Morgan fingerprint density at radius 3 is 2.74 bits per heavy atom. The molecule has 10 nitrogen and oxygen atoms in total. The number of carbonyl (C=O) groups is 3. The molecule has 178 valence electrons. The van der Waals surface area contributed by atoms with E-state index in [1.807, 2.05) is 0 Å². The number of nitrogens with zero attached hydrogens (tertiary/aromatic N) is 2. The number of anilines is 1. The van der Waals surface area contributed by atoms with Crippen LogP contribution in [0, 0.1) is 10.1 Å². The molecule has 1 fully saturated rings. The van der Waals surface area contributed by atoms with Crippen LogP contribution in [0.1, 0.15) is 5.76 Å². The van der Waals surface area contributed by atoms with Gasteiger partial charge in [0.15, 0.2) is 0 Å². The van der Waals surface area contributed by atoms with Gasteiger partial charge in [0.25, 0.3) is 16.8 Å². The summed E-state index contributed by atoms with van der Waals surface area (Å²) in [7, 11) is 1.46. The second-order valence-corrected chi connectivity index (χ2v) is 8.57. The van der Waals surface area contributed by atoms with E-state index in [2.05, 4.69) is 5.32 Å². The van der Waals surface area contributed by atoms with E-state index < -0.39 is 28.5 Å². The SMILES string of the molecule is COc1ccccc1NC(=O)CN1C(=O)S/C(=C/c2ccc(-c3ccc(Cl)cc3[N+](=O)[O-])o2)C1=O. The van der Waals surface area contributed by atoms with Crippen LogP contribution in [0.3, 0.4) is 0 Å². The number of carbonyl (C=O) groups excluding carboxylic acids is 3. The molecule has 1 aliphatic heterocycles. The molecule has 0 aliphatic carbocycles. The van der Waals surface area contributed by atoms with Gasteiger partial charge in [0, 0.05) is 17.2 Å². The van der Waals surface area contributed by atoms with E-state index >= 15 is 0 Å². The van der Waals surface area contributed by atoms with Crippen LogP contribution in [0.4, 0.5) is 16.2 Å². The zero-order valence-electron chi connectivity index (χ0n) is 18.0. The third-order valence-corrected chi connectivity index (χ3v) is 6.02. The lowest BCUT2D eigenvalue weighted by Gasteiger charge is -2.14. The molecule has 1 aliphatic rings. The maximum absolute atomic E-state index is 12.8. The number of methoxy groups -OCH3 is 1. The number of amides is 3. The predicted molar refractivity (Wildman–Crippen MR) is 130 cm³/mol.